The number of nitro groups is 1. The predicted molar refractivity (Wildman–Crippen MR) is 95.1 cm³/mol. The van der Waals surface area contributed by atoms with Crippen molar-refractivity contribution in [3.8, 4) is 0 Å². The van der Waals surface area contributed by atoms with E-state index in [1.807, 2.05) is 4.90 Å². The molecule has 0 aliphatic carbocycles. The summed E-state index contributed by atoms with van der Waals surface area (Å²) in [5, 5.41) is 18.1. The third-order valence-electron chi connectivity index (χ3n) is 4.72. The molecule has 0 spiro atoms. The average molecular weight is 389 g/mol. The molecule has 0 bridgehead atoms. The zero-order valence-corrected chi connectivity index (χ0v) is 14.9. The molecule has 11 heteroatoms. The van der Waals surface area contributed by atoms with Crippen molar-refractivity contribution in [1.29, 1.82) is 0 Å². The van der Waals surface area contributed by atoms with Crippen molar-refractivity contribution in [1.82, 2.24) is 15.3 Å². The minimum Gasteiger partial charge on any atom is -0.370 e. The Balaban J connectivity index is 1.57. The Morgan fingerprint density at radius 1 is 1.11 bits per heavy atom. The van der Waals surface area contributed by atoms with Crippen LogP contribution in [0.2, 0.25) is 0 Å². The molecular weight excluding hydrogens is 374 g/mol. The van der Waals surface area contributed by atoms with Gasteiger partial charge in [-0.25, -0.2) is 18.0 Å². The molecule has 0 saturated carbocycles. The standard InChI is InChI=1S/C16H15N5O5S/c22-21(23)13-5-4-12(15-16(13)19-26-18-15)20-9-6-11(7-10-20)27(24,25)14-3-1-2-8-17-14/h1-5,8,11H,6-7,9-10H2. The molecule has 4 rings (SSSR count). The van der Waals surface area contributed by atoms with Crippen molar-refractivity contribution in [2.45, 2.75) is 23.1 Å². The molecule has 1 aliphatic heterocycles. The summed E-state index contributed by atoms with van der Waals surface area (Å²) in [5.74, 6) is 0. The normalized spacial score (nSPS) is 15.9. The molecule has 0 radical (unpaired) electrons. The lowest BCUT2D eigenvalue weighted by Crippen LogP contribution is -2.39. The maximum atomic E-state index is 12.7. The van der Waals surface area contributed by atoms with E-state index in [4.69, 9.17) is 0 Å². The third-order valence-corrected chi connectivity index (χ3v) is 6.89. The van der Waals surface area contributed by atoms with Gasteiger partial charge in [0, 0.05) is 25.4 Å². The Labute approximate surface area is 153 Å². The van der Waals surface area contributed by atoms with Gasteiger partial charge in [0.1, 0.15) is 0 Å². The van der Waals surface area contributed by atoms with E-state index in [0.29, 0.717) is 37.1 Å². The van der Waals surface area contributed by atoms with E-state index in [0.717, 1.165) is 0 Å². The molecule has 1 aromatic carbocycles. The summed E-state index contributed by atoms with van der Waals surface area (Å²) in [6, 6.07) is 7.78. The molecule has 1 fully saturated rings. The minimum atomic E-state index is -3.49. The van der Waals surface area contributed by atoms with Crippen LogP contribution in [-0.2, 0) is 9.84 Å². The van der Waals surface area contributed by atoms with Gasteiger partial charge in [-0.1, -0.05) is 6.07 Å². The zero-order valence-electron chi connectivity index (χ0n) is 14.1. The van der Waals surface area contributed by atoms with Crippen molar-refractivity contribution in [2.75, 3.05) is 18.0 Å². The van der Waals surface area contributed by atoms with E-state index < -0.39 is 20.0 Å². The molecular formula is C16H15N5O5S. The van der Waals surface area contributed by atoms with Crippen LogP contribution in [0.15, 0.2) is 46.2 Å². The van der Waals surface area contributed by atoms with Crippen molar-refractivity contribution in [3.63, 3.8) is 0 Å². The summed E-state index contributed by atoms with van der Waals surface area (Å²) >= 11 is 0. The van der Waals surface area contributed by atoms with Crippen LogP contribution in [0, 0.1) is 10.1 Å². The van der Waals surface area contributed by atoms with Crippen LogP contribution in [0.25, 0.3) is 11.0 Å². The number of non-ortho nitro benzene ring substituents is 1. The molecule has 1 aliphatic rings. The molecule has 3 aromatic rings. The number of hydrogen-bond acceptors (Lipinski definition) is 9. The Morgan fingerprint density at radius 2 is 1.85 bits per heavy atom. The molecule has 2 aromatic heterocycles. The fraction of sp³-hybridized carbons (Fsp3) is 0.312. The van der Waals surface area contributed by atoms with Crippen LogP contribution in [0.4, 0.5) is 11.4 Å². The second kappa shape index (κ2) is 6.58. The summed E-state index contributed by atoms with van der Waals surface area (Å²) in [7, 11) is -3.49. The molecule has 3 heterocycles. The lowest BCUT2D eigenvalue weighted by molar-refractivity contribution is -0.383. The fourth-order valence-electron chi connectivity index (χ4n) is 3.34. The molecule has 0 atom stereocenters. The number of nitro benzene ring substituents is 1. The second-order valence-electron chi connectivity index (χ2n) is 6.22. The first kappa shape index (κ1) is 17.3. The number of nitrogens with zero attached hydrogens (tertiary/aromatic N) is 5. The van der Waals surface area contributed by atoms with Gasteiger partial charge in [0.2, 0.25) is 5.52 Å². The van der Waals surface area contributed by atoms with Gasteiger partial charge in [-0.2, -0.15) is 0 Å². The number of pyridine rings is 1. The maximum Gasteiger partial charge on any atom is 0.300 e. The quantitative estimate of drug-likeness (QED) is 0.485. The predicted octanol–water partition coefficient (Wildman–Crippen LogP) is 1.97. The monoisotopic (exact) mass is 389 g/mol. The van der Waals surface area contributed by atoms with Gasteiger partial charge >= 0.3 is 5.69 Å². The van der Waals surface area contributed by atoms with Crippen LogP contribution in [0.5, 0.6) is 0 Å². The lowest BCUT2D eigenvalue weighted by atomic mass is 10.1. The molecule has 140 valence electrons. The SMILES string of the molecule is O=[N+]([O-])c1ccc(N2CCC(S(=O)(=O)c3ccccn3)CC2)c2nonc12. The summed E-state index contributed by atoms with van der Waals surface area (Å²) in [4.78, 5) is 16.5. The number of piperidine rings is 1. The Bertz CT molecular complexity index is 1090. The van der Waals surface area contributed by atoms with E-state index >= 15 is 0 Å². The number of sulfone groups is 1. The topological polar surface area (TPSA) is 132 Å². The van der Waals surface area contributed by atoms with Gasteiger partial charge < -0.3 is 4.90 Å². The first-order valence-corrected chi connectivity index (χ1v) is 9.82. The molecule has 1 saturated heterocycles. The highest BCUT2D eigenvalue weighted by Crippen LogP contribution is 2.33. The van der Waals surface area contributed by atoms with E-state index in [-0.39, 0.29) is 16.2 Å². The van der Waals surface area contributed by atoms with Gasteiger partial charge in [-0.05, 0) is 41.4 Å². The van der Waals surface area contributed by atoms with E-state index in [2.05, 4.69) is 19.9 Å². The maximum absolute atomic E-state index is 12.7. The van der Waals surface area contributed by atoms with E-state index in [1.54, 1.807) is 18.2 Å². The highest BCUT2D eigenvalue weighted by Gasteiger charge is 2.33. The number of aromatic nitrogens is 3. The minimum absolute atomic E-state index is 0.0840. The average Bonchev–Trinajstić information content (AvgIpc) is 3.17. The van der Waals surface area contributed by atoms with Gasteiger partial charge in [-0.15, -0.1) is 0 Å². The van der Waals surface area contributed by atoms with Crippen LogP contribution in [0.3, 0.4) is 0 Å². The molecule has 10 nitrogen and oxygen atoms in total. The van der Waals surface area contributed by atoms with Gasteiger partial charge in [0.25, 0.3) is 0 Å². The molecule has 0 unspecified atom stereocenters. The van der Waals surface area contributed by atoms with Crippen molar-refractivity contribution < 1.29 is 18.0 Å². The lowest BCUT2D eigenvalue weighted by Gasteiger charge is -2.33. The number of rotatable bonds is 4. The van der Waals surface area contributed by atoms with Crippen molar-refractivity contribution in [2.24, 2.45) is 0 Å². The fourth-order valence-corrected chi connectivity index (χ4v) is 4.99. The van der Waals surface area contributed by atoms with Gasteiger partial charge in [0.05, 0.1) is 15.9 Å². The van der Waals surface area contributed by atoms with Crippen LogP contribution < -0.4 is 4.90 Å². The highest BCUT2D eigenvalue weighted by molar-refractivity contribution is 7.92. The van der Waals surface area contributed by atoms with Crippen LogP contribution >= 0.6 is 0 Å². The summed E-state index contributed by atoms with van der Waals surface area (Å²) in [6.45, 7) is 0.938. The summed E-state index contributed by atoms with van der Waals surface area (Å²) in [6.07, 6.45) is 2.30. The first-order valence-electron chi connectivity index (χ1n) is 8.28. The number of anilines is 1. The summed E-state index contributed by atoms with van der Waals surface area (Å²) < 4.78 is 30.1. The number of hydrogen-bond donors (Lipinski definition) is 0. The van der Waals surface area contributed by atoms with Crippen molar-refractivity contribution >= 4 is 32.2 Å². The second-order valence-corrected chi connectivity index (χ2v) is 8.40. The van der Waals surface area contributed by atoms with E-state index in [9.17, 15) is 18.5 Å². The molecule has 0 amide bonds. The Morgan fingerprint density at radius 3 is 2.52 bits per heavy atom. The zero-order chi connectivity index (χ0) is 19.0. The van der Waals surface area contributed by atoms with Crippen LogP contribution in [0.1, 0.15) is 12.8 Å². The van der Waals surface area contributed by atoms with Crippen LogP contribution in [-0.4, -0.2) is 47.0 Å². The highest BCUT2D eigenvalue weighted by atomic mass is 32.2. The first-order chi connectivity index (χ1) is 13.0. The number of benzene rings is 1. The largest absolute Gasteiger partial charge is 0.370 e. The molecule has 27 heavy (non-hydrogen) atoms. The number of fused-ring (bicyclic) bond motifs is 1. The van der Waals surface area contributed by atoms with Gasteiger partial charge in [0.15, 0.2) is 20.4 Å². The third kappa shape index (κ3) is 2.99. The molecule has 0 N–H and O–H groups in total. The van der Waals surface area contributed by atoms with Crippen molar-refractivity contribution in [3.05, 3.63) is 46.6 Å². The Kier molecular flexibility index (Phi) is 4.22. The van der Waals surface area contributed by atoms with Gasteiger partial charge in [-0.3, -0.25) is 10.1 Å². The Hall–Kier alpha value is -3.08. The van der Waals surface area contributed by atoms with E-state index in [1.165, 1.54) is 18.3 Å². The smallest absolute Gasteiger partial charge is 0.300 e. The summed E-state index contributed by atoms with van der Waals surface area (Å²) in [5.41, 5.74) is 0.851.